The van der Waals surface area contributed by atoms with Crippen molar-refractivity contribution in [3.05, 3.63) is 95.2 Å². The number of fused-ring (bicyclic) bond motifs is 2. The predicted octanol–water partition coefficient (Wildman–Crippen LogP) is 5.05. The third-order valence-electron chi connectivity index (χ3n) is 6.37. The molecular formula is C28H26N2O4. The molecule has 0 bridgehead atoms. The Morgan fingerprint density at radius 2 is 1.65 bits per heavy atom. The third-order valence-corrected chi connectivity index (χ3v) is 6.37. The van der Waals surface area contributed by atoms with Crippen molar-refractivity contribution in [2.24, 2.45) is 0 Å². The molecule has 1 amide bonds. The zero-order chi connectivity index (χ0) is 23.7. The Morgan fingerprint density at radius 1 is 0.882 bits per heavy atom. The molecule has 6 heteroatoms. The molecule has 2 heterocycles. The Morgan fingerprint density at radius 3 is 2.38 bits per heavy atom. The summed E-state index contributed by atoms with van der Waals surface area (Å²) < 4.78 is 16.4. The average molecular weight is 455 g/mol. The van der Waals surface area contributed by atoms with E-state index < -0.39 is 0 Å². The smallest absolute Gasteiger partial charge is 0.273 e. The van der Waals surface area contributed by atoms with E-state index in [4.69, 9.17) is 14.2 Å². The molecule has 1 atom stereocenters. The van der Waals surface area contributed by atoms with Crippen LogP contribution < -0.4 is 14.2 Å². The summed E-state index contributed by atoms with van der Waals surface area (Å²) in [7, 11) is 4.90. The Labute approximate surface area is 198 Å². The van der Waals surface area contributed by atoms with E-state index >= 15 is 0 Å². The highest BCUT2D eigenvalue weighted by Crippen LogP contribution is 2.41. The number of carbonyl (C=O) groups is 1. The van der Waals surface area contributed by atoms with E-state index in [2.05, 4.69) is 17.1 Å². The lowest BCUT2D eigenvalue weighted by Gasteiger charge is -2.38. The van der Waals surface area contributed by atoms with E-state index in [-0.39, 0.29) is 11.9 Å². The quantitative estimate of drug-likeness (QED) is 0.422. The number of hydrogen-bond donors (Lipinski definition) is 0. The van der Waals surface area contributed by atoms with Gasteiger partial charge in [0.05, 0.1) is 32.9 Å². The molecule has 1 aliphatic heterocycles. The van der Waals surface area contributed by atoms with Crippen LogP contribution in [0.1, 0.15) is 33.2 Å². The fourth-order valence-corrected chi connectivity index (χ4v) is 4.66. The first kappa shape index (κ1) is 21.8. The third kappa shape index (κ3) is 3.81. The minimum Gasteiger partial charge on any atom is -0.497 e. The number of hydrogen-bond acceptors (Lipinski definition) is 5. The zero-order valence-electron chi connectivity index (χ0n) is 19.4. The van der Waals surface area contributed by atoms with E-state index in [0.717, 1.165) is 39.8 Å². The molecule has 0 fully saturated rings. The van der Waals surface area contributed by atoms with Gasteiger partial charge in [-0.1, -0.05) is 36.4 Å². The maximum Gasteiger partial charge on any atom is 0.273 e. The summed E-state index contributed by atoms with van der Waals surface area (Å²) in [4.78, 5) is 20.4. The van der Waals surface area contributed by atoms with Crippen molar-refractivity contribution in [3.8, 4) is 17.2 Å². The molecule has 1 aliphatic rings. The summed E-state index contributed by atoms with van der Waals surface area (Å²) in [6.45, 7) is 0.573. The Balaban J connectivity index is 1.59. The summed E-state index contributed by atoms with van der Waals surface area (Å²) >= 11 is 0. The maximum atomic E-state index is 13.8. The van der Waals surface area contributed by atoms with Crippen LogP contribution in [0.5, 0.6) is 17.2 Å². The van der Waals surface area contributed by atoms with E-state index in [1.165, 1.54) is 0 Å². The molecule has 6 nitrogen and oxygen atoms in total. The van der Waals surface area contributed by atoms with Crippen LogP contribution in [0.2, 0.25) is 0 Å². The van der Waals surface area contributed by atoms with Crippen LogP contribution in [0.25, 0.3) is 10.9 Å². The molecule has 34 heavy (non-hydrogen) atoms. The number of amides is 1. The second kappa shape index (κ2) is 9.06. The van der Waals surface area contributed by atoms with Gasteiger partial charge in [0.1, 0.15) is 11.4 Å². The lowest BCUT2D eigenvalue weighted by Crippen LogP contribution is -2.41. The molecule has 0 aliphatic carbocycles. The summed E-state index contributed by atoms with van der Waals surface area (Å²) in [6.07, 6.45) is 0.718. The van der Waals surface area contributed by atoms with E-state index in [1.54, 1.807) is 27.4 Å². The van der Waals surface area contributed by atoms with Crippen LogP contribution in [0.15, 0.2) is 72.8 Å². The Kier molecular flexibility index (Phi) is 5.80. The highest BCUT2D eigenvalue weighted by molar-refractivity contribution is 5.95. The van der Waals surface area contributed by atoms with Gasteiger partial charge in [-0.3, -0.25) is 4.79 Å². The molecule has 4 aromatic rings. The van der Waals surface area contributed by atoms with Gasteiger partial charge in [-0.15, -0.1) is 0 Å². The van der Waals surface area contributed by atoms with Gasteiger partial charge >= 0.3 is 0 Å². The van der Waals surface area contributed by atoms with Crippen molar-refractivity contribution < 1.29 is 19.0 Å². The van der Waals surface area contributed by atoms with Gasteiger partial charge in [0.2, 0.25) is 0 Å². The lowest BCUT2D eigenvalue weighted by molar-refractivity contribution is 0.0688. The maximum absolute atomic E-state index is 13.8. The molecule has 0 N–H and O–H groups in total. The molecule has 1 unspecified atom stereocenters. The second-order valence-electron chi connectivity index (χ2n) is 8.22. The topological polar surface area (TPSA) is 60.9 Å². The number of ether oxygens (including phenoxy) is 3. The Bertz CT molecular complexity index is 1350. The number of aromatic nitrogens is 1. The SMILES string of the molecule is COc1ccc2nc(C(=O)N3CCc4cc(OC)c(OC)cc4C3c3ccccc3)ccc2c1. The second-order valence-corrected chi connectivity index (χ2v) is 8.22. The highest BCUT2D eigenvalue weighted by atomic mass is 16.5. The number of pyridine rings is 1. The van der Waals surface area contributed by atoms with Gasteiger partial charge in [0.25, 0.3) is 5.91 Å². The number of benzene rings is 3. The van der Waals surface area contributed by atoms with Crippen LogP contribution in [0, 0.1) is 0 Å². The summed E-state index contributed by atoms with van der Waals surface area (Å²) in [6, 6.07) is 23.2. The molecule has 1 aromatic heterocycles. The Hall–Kier alpha value is -4.06. The molecule has 5 rings (SSSR count). The van der Waals surface area contributed by atoms with Crippen molar-refractivity contribution in [3.63, 3.8) is 0 Å². The van der Waals surface area contributed by atoms with Crippen molar-refractivity contribution in [2.45, 2.75) is 12.5 Å². The monoisotopic (exact) mass is 454 g/mol. The summed E-state index contributed by atoms with van der Waals surface area (Å²) in [5.74, 6) is 2.00. The van der Waals surface area contributed by atoms with Crippen LogP contribution >= 0.6 is 0 Å². The number of rotatable bonds is 5. The number of carbonyl (C=O) groups excluding carboxylic acids is 1. The minimum absolute atomic E-state index is 0.105. The summed E-state index contributed by atoms with van der Waals surface area (Å²) in [5, 5.41) is 0.927. The molecule has 3 aromatic carbocycles. The van der Waals surface area contributed by atoms with Crippen LogP contribution in [0.3, 0.4) is 0 Å². The molecule has 0 saturated carbocycles. The van der Waals surface area contributed by atoms with Gasteiger partial charge in [-0.2, -0.15) is 0 Å². The normalized spacial score (nSPS) is 15.0. The molecule has 0 spiro atoms. The summed E-state index contributed by atoms with van der Waals surface area (Å²) in [5.41, 5.74) is 4.40. The van der Waals surface area contributed by atoms with Crippen LogP contribution in [0.4, 0.5) is 0 Å². The fourth-order valence-electron chi connectivity index (χ4n) is 4.66. The van der Waals surface area contributed by atoms with Gasteiger partial charge in [-0.25, -0.2) is 4.98 Å². The lowest BCUT2D eigenvalue weighted by atomic mass is 9.87. The molecule has 172 valence electrons. The number of methoxy groups -OCH3 is 3. The van der Waals surface area contributed by atoms with E-state index in [1.807, 2.05) is 59.5 Å². The van der Waals surface area contributed by atoms with Crippen LogP contribution in [-0.2, 0) is 6.42 Å². The van der Waals surface area contributed by atoms with Gasteiger partial charge in [-0.05, 0) is 59.5 Å². The van der Waals surface area contributed by atoms with E-state index in [9.17, 15) is 4.79 Å². The first-order valence-corrected chi connectivity index (χ1v) is 11.2. The van der Waals surface area contributed by atoms with Gasteiger partial charge in [0, 0.05) is 11.9 Å². The number of nitrogens with zero attached hydrogens (tertiary/aromatic N) is 2. The molecule has 0 radical (unpaired) electrons. The predicted molar refractivity (Wildman–Crippen MR) is 131 cm³/mol. The fraction of sp³-hybridized carbons (Fsp3) is 0.214. The van der Waals surface area contributed by atoms with Crippen LogP contribution in [-0.4, -0.2) is 43.7 Å². The standard InChI is InChI=1S/C28H26N2O4/c1-32-21-10-12-23-20(15-21)9-11-24(29-23)28(31)30-14-13-19-16-25(33-2)26(34-3)17-22(19)27(30)18-7-5-4-6-8-18/h4-12,15-17,27H,13-14H2,1-3H3. The zero-order valence-corrected chi connectivity index (χ0v) is 19.4. The first-order valence-electron chi connectivity index (χ1n) is 11.2. The minimum atomic E-state index is -0.259. The average Bonchev–Trinajstić information content (AvgIpc) is 2.90. The highest BCUT2D eigenvalue weighted by Gasteiger charge is 2.34. The van der Waals surface area contributed by atoms with Crippen molar-refractivity contribution in [1.29, 1.82) is 0 Å². The largest absolute Gasteiger partial charge is 0.497 e. The van der Waals surface area contributed by atoms with Crippen molar-refractivity contribution in [1.82, 2.24) is 9.88 Å². The van der Waals surface area contributed by atoms with Crippen molar-refractivity contribution >= 4 is 16.8 Å². The first-order chi connectivity index (χ1) is 16.6. The van der Waals surface area contributed by atoms with Crippen molar-refractivity contribution in [2.75, 3.05) is 27.9 Å². The molecular weight excluding hydrogens is 428 g/mol. The molecule has 0 saturated heterocycles. The van der Waals surface area contributed by atoms with Gasteiger partial charge in [0.15, 0.2) is 11.5 Å². The van der Waals surface area contributed by atoms with E-state index in [0.29, 0.717) is 23.7 Å². The van der Waals surface area contributed by atoms with Gasteiger partial charge < -0.3 is 19.1 Å².